The molecule has 20 heavy (non-hydrogen) atoms. The molecule has 0 fully saturated rings. The van der Waals surface area contributed by atoms with Crippen LogP contribution in [0.1, 0.15) is 23.2 Å². The third-order valence-electron chi connectivity index (χ3n) is 2.46. The molecular formula is C14H13BrO5. The van der Waals surface area contributed by atoms with Crippen molar-refractivity contribution < 1.29 is 23.8 Å². The topological polar surface area (TPSA) is 68.9 Å². The molecule has 6 heteroatoms. The van der Waals surface area contributed by atoms with E-state index in [0.29, 0.717) is 18.1 Å². The molecule has 0 unspecified atom stereocenters. The van der Waals surface area contributed by atoms with E-state index in [1.807, 2.05) is 13.0 Å². The van der Waals surface area contributed by atoms with Crippen molar-refractivity contribution in [1.29, 1.82) is 0 Å². The molecule has 0 aliphatic heterocycles. The number of hydrogen-bond donors (Lipinski definition) is 1. The Labute approximate surface area is 124 Å². The summed E-state index contributed by atoms with van der Waals surface area (Å²) in [6.07, 6.45) is 0. The van der Waals surface area contributed by atoms with Crippen LogP contribution in [0.3, 0.4) is 0 Å². The van der Waals surface area contributed by atoms with Crippen LogP contribution in [0.5, 0.6) is 11.5 Å². The minimum absolute atomic E-state index is 0.102. The highest BCUT2D eigenvalue weighted by atomic mass is 79.9. The monoisotopic (exact) mass is 340 g/mol. The molecule has 2 rings (SSSR count). The summed E-state index contributed by atoms with van der Waals surface area (Å²) in [5.74, 6) is 0.621. The molecular weight excluding hydrogens is 328 g/mol. The van der Waals surface area contributed by atoms with Gasteiger partial charge in [0.15, 0.2) is 0 Å². The molecule has 2 aromatic rings. The molecule has 1 heterocycles. The smallest absolute Gasteiger partial charge is 0.371 e. The Balaban J connectivity index is 2.01. The van der Waals surface area contributed by atoms with E-state index in [9.17, 15) is 4.79 Å². The quantitative estimate of drug-likeness (QED) is 0.867. The SMILES string of the molecule is CCOc1ccc(OCc2ccc(C(=O)O)o2)c(Br)c1. The molecule has 0 spiro atoms. The largest absolute Gasteiger partial charge is 0.494 e. The number of benzene rings is 1. The zero-order valence-corrected chi connectivity index (χ0v) is 12.3. The first-order valence-electron chi connectivity index (χ1n) is 5.97. The maximum Gasteiger partial charge on any atom is 0.371 e. The van der Waals surface area contributed by atoms with Gasteiger partial charge >= 0.3 is 5.97 Å². The second-order valence-electron chi connectivity index (χ2n) is 3.89. The van der Waals surface area contributed by atoms with Crippen LogP contribution in [0, 0.1) is 0 Å². The molecule has 0 radical (unpaired) electrons. The number of ether oxygens (including phenoxy) is 2. The van der Waals surface area contributed by atoms with Crippen molar-refractivity contribution in [3.05, 3.63) is 46.3 Å². The van der Waals surface area contributed by atoms with Crippen LogP contribution in [0.15, 0.2) is 39.2 Å². The summed E-state index contributed by atoms with van der Waals surface area (Å²) >= 11 is 3.39. The van der Waals surface area contributed by atoms with Gasteiger partial charge in [-0.3, -0.25) is 0 Å². The second kappa shape index (κ2) is 6.47. The van der Waals surface area contributed by atoms with Gasteiger partial charge in [-0.25, -0.2) is 4.79 Å². The van der Waals surface area contributed by atoms with E-state index < -0.39 is 5.97 Å². The standard InChI is InChI=1S/C14H13BrO5/c1-2-18-9-3-5-12(11(15)7-9)19-8-10-4-6-13(20-10)14(16)17/h3-7H,2,8H2,1H3,(H,16,17). The van der Waals surface area contributed by atoms with Crippen LogP contribution in [-0.2, 0) is 6.61 Å². The lowest BCUT2D eigenvalue weighted by Gasteiger charge is -2.09. The van der Waals surface area contributed by atoms with Gasteiger partial charge in [-0.1, -0.05) is 0 Å². The fraction of sp³-hybridized carbons (Fsp3) is 0.214. The summed E-state index contributed by atoms with van der Waals surface area (Å²) in [6.45, 7) is 2.66. The van der Waals surface area contributed by atoms with E-state index >= 15 is 0 Å². The lowest BCUT2D eigenvalue weighted by molar-refractivity contribution is 0.0658. The number of aromatic carboxylic acids is 1. The Bertz CT molecular complexity index is 605. The van der Waals surface area contributed by atoms with Gasteiger partial charge in [-0.15, -0.1) is 0 Å². The highest BCUT2D eigenvalue weighted by Crippen LogP contribution is 2.30. The van der Waals surface area contributed by atoms with Gasteiger partial charge in [0.25, 0.3) is 0 Å². The van der Waals surface area contributed by atoms with Crippen molar-refractivity contribution in [2.24, 2.45) is 0 Å². The maximum absolute atomic E-state index is 10.7. The molecule has 1 aromatic carbocycles. The van der Waals surface area contributed by atoms with Gasteiger partial charge in [0, 0.05) is 0 Å². The zero-order valence-electron chi connectivity index (χ0n) is 10.8. The average Bonchev–Trinajstić information content (AvgIpc) is 2.87. The van der Waals surface area contributed by atoms with E-state index in [2.05, 4.69) is 15.9 Å². The Morgan fingerprint density at radius 1 is 1.30 bits per heavy atom. The van der Waals surface area contributed by atoms with E-state index in [-0.39, 0.29) is 12.4 Å². The highest BCUT2D eigenvalue weighted by molar-refractivity contribution is 9.10. The highest BCUT2D eigenvalue weighted by Gasteiger charge is 2.10. The van der Waals surface area contributed by atoms with Gasteiger partial charge in [0.05, 0.1) is 11.1 Å². The summed E-state index contributed by atoms with van der Waals surface area (Å²) in [5.41, 5.74) is 0. The Morgan fingerprint density at radius 3 is 2.70 bits per heavy atom. The van der Waals surface area contributed by atoms with Crippen molar-refractivity contribution in [3.63, 3.8) is 0 Å². The van der Waals surface area contributed by atoms with E-state index in [4.69, 9.17) is 19.0 Å². The summed E-state index contributed by atoms with van der Waals surface area (Å²) in [4.78, 5) is 10.7. The lowest BCUT2D eigenvalue weighted by atomic mass is 10.3. The number of carbonyl (C=O) groups is 1. The minimum atomic E-state index is -1.10. The average molecular weight is 341 g/mol. The van der Waals surface area contributed by atoms with Gasteiger partial charge < -0.3 is 19.0 Å². The Hall–Kier alpha value is -1.95. The molecule has 5 nitrogen and oxygen atoms in total. The zero-order chi connectivity index (χ0) is 14.5. The molecule has 1 aromatic heterocycles. The summed E-state index contributed by atoms with van der Waals surface area (Å²) in [7, 11) is 0. The van der Waals surface area contributed by atoms with Crippen LogP contribution in [0.4, 0.5) is 0 Å². The van der Waals surface area contributed by atoms with Crippen molar-refractivity contribution in [3.8, 4) is 11.5 Å². The van der Waals surface area contributed by atoms with E-state index in [1.54, 1.807) is 18.2 Å². The number of carboxylic acid groups (broad SMARTS) is 1. The molecule has 0 saturated heterocycles. The van der Waals surface area contributed by atoms with Gasteiger partial charge in [-0.2, -0.15) is 0 Å². The Kier molecular flexibility index (Phi) is 4.68. The van der Waals surface area contributed by atoms with Gasteiger partial charge in [-0.05, 0) is 53.2 Å². The minimum Gasteiger partial charge on any atom is -0.494 e. The Morgan fingerprint density at radius 2 is 2.10 bits per heavy atom. The third-order valence-corrected chi connectivity index (χ3v) is 3.08. The van der Waals surface area contributed by atoms with Crippen LogP contribution in [0.2, 0.25) is 0 Å². The normalized spacial score (nSPS) is 10.3. The third kappa shape index (κ3) is 3.54. The number of furan rings is 1. The molecule has 0 aliphatic rings. The lowest BCUT2D eigenvalue weighted by Crippen LogP contribution is -1.97. The summed E-state index contributed by atoms with van der Waals surface area (Å²) in [5, 5.41) is 8.75. The molecule has 0 amide bonds. The number of hydrogen-bond acceptors (Lipinski definition) is 4. The van der Waals surface area contributed by atoms with E-state index in [0.717, 1.165) is 10.2 Å². The first-order chi connectivity index (χ1) is 9.60. The second-order valence-corrected chi connectivity index (χ2v) is 4.74. The molecule has 0 atom stereocenters. The number of halogens is 1. The molecule has 0 bridgehead atoms. The predicted molar refractivity (Wildman–Crippen MR) is 75.3 cm³/mol. The molecule has 106 valence electrons. The fourth-order valence-electron chi connectivity index (χ4n) is 1.57. The van der Waals surface area contributed by atoms with Crippen molar-refractivity contribution in [2.45, 2.75) is 13.5 Å². The first kappa shape index (κ1) is 14.5. The van der Waals surface area contributed by atoms with Crippen LogP contribution in [-0.4, -0.2) is 17.7 Å². The number of carboxylic acids is 1. The first-order valence-corrected chi connectivity index (χ1v) is 6.76. The number of rotatable bonds is 6. The van der Waals surface area contributed by atoms with Crippen LogP contribution < -0.4 is 9.47 Å². The fourth-order valence-corrected chi connectivity index (χ4v) is 2.05. The van der Waals surface area contributed by atoms with Crippen molar-refractivity contribution in [2.75, 3.05) is 6.61 Å². The van der Waals surface area contributed by atoms with Crippen molar-refractivity contribution in [1.82, 2.24) is 0 Å². The maximum atomic E-state index is 10.7. The molecule has 0 saturated carbocycles. The summed E-state index contributed by atoms with van der Waals surface area (Å²) < 4.78 is 16.8. The van der Waals surface area contributed by atoms with Crippen LogP contribution >= 0.6 is 15.9 Å². The van der Waals surface area contributed by atoms with E-state index in [1.165, 1.54) is 6.07 Å². The van der Waals surface area contributed by atoms with Crippen LogP contribution in [0.25, 0.3) is 0 Å². The summed E-state index contributed by atoms with van der Waals surface area (Å²) in [6, 6.07) is 8.36. The van der Waals surface area contributed by atoms with Gasteiger partial charge in [0.1, 0.15) is 23.9 Å². The predicted octanol–water partition coefficient (Wildman–Crippen LogP) is 3.72. The molecule has 0 aliphatic carbocycles. The van der Waals surface area contributed by atoms with Crippen molar-refractivity contribution >= 4 is 21.9 Å². The molecule has 1 N–H and O–H groups in total. The van der Waals surface area contributed by atoms with Gasteiger partial charge in [0.2, 0.25) is 5.76 Å².